The van der Waals surface area contributed by atoms with Crippen LogP contribution >= 0.6 is 0 Å². The Morgan fingerprint density at radius 2 is 1.67 bits per heavy atom. The summed E-state index contributed by atoms with van der Waals surface area (Å²) in [5, 5.41) is 2.53. The van der Waals surface area contributed by atoms with E-state index in [2.05, 4.69) is 5.32 Å². The van der Waals surface area contributed by atoms with E-state index >= 15 is 0 Å². The van der Waals surface area contributed by atoms with Crippen molar-refractivity contribution in [1.82, 2.24) is 9.47 Å². The van der Waals surface area contributed by atoms with Crippen LogP contribution in [0, 0.1) is 0 Å². The number of aryl methyl sites for hydroxylation is 1. The van der Waals surface area contributed by atoms with E-state index in [0.717, 1.165) is 12.8 Å². The van der Waals surface area contributed by atoms with Gasteiger partial charge in [-0.2, -0.15) is 0 Å². The molecule has 2 amide bonds. The van der Waals surface area contributed by atoms with Gasteiger partial charge in [0, 0.05) is 26.3 Å². The highest BCUT2D eigenvalue weighted by Gasteiger charge is 2.21. The van der Waals surface area contributed by atoms with Gasteiger partial charge in [-0.25, -0.2) is 4.79 Å². The van der Waals surface area contributed by atoms with Crippen molar-refractivity contribution in [2.24, 2.45) is 7.05 Å². The fraction of sp³-hybridized carbons (Fsp3) is 0.364. The van der Waals surface area contributed by atoms with Crippen LogP contribution in [0.15, 0.2) is 41.3 Å². The predicted octanol–water partition coefficient (Wildman–Crippen LogP) is 2.69. The molecular formula is C22H27N3O5. The first-order chi connectivity index (χ1) is 14.3. The molecule has 8 heteroatoms. The Hall–Kier alpha value is -3.42. The number of ether oxygens (including phenoxy) is 1. The monoisotopic (exact) mass is 413 g/mol. The van der Waals surface area contributed by atoms with Gasteiger partial charge in [0.2, 0.25) is 0 Å². The number of anilines is 1. The van der Waals surface area contributed by atoms with Crippen molar-refractivity contribution in [3.05, 3.63) is 63.6 Å². The molecule has 0 radical (unpaired) electrons. The highest BCUT2D eigenvalue weighted by Crippen LogP contribution is 2.14. The second-order valence-electron chi connectivity index (χ2n) is 6.84. The van der Waals surface area contributed by atoms with Crippen LogP contribution < -0.4 is 10.9 Å². The van der Waals surface area contributed by atoms with E-state index in [1.54, 1.807) is 17.0 Å². The Balaban J connectivity index is 2.40. The number of benzene rings is 1. The van der Waals surface area contributed by atoms with Crippen molar-refractivity contribution < 1.29 is 19.1 Å². The third kappa shape index (κ3) is 5.14. The van der Waals surface area contributed by atoms with Gasteiger partial charge < -0.3 is 19.5 Å². The van der Waals surface area contributed by atoms with Crippen LogP contribution in [0.2, 0.25) is 0 Å². The number of carbonyl (C=O) groups excluding carboxylic acids is 3. The molecule has 0 bridgehead atoms. The van der Waals surface area contributed by atoms with Crippen molar-refractivity contribution >= 4 is 23.5 Å². The Morgan fingerprint density at radius 3 is 2.23 bits per heavy atom. The fourth-order valence-corrected chi connectivity index (χ4v) is 3.11. The van der Waals surface area contributed by atoms with Crippen LogP contribution in [0.4, 0.5) is 5.69 Å². The number of rotatable bonds is 8. The molecule has 0 saturated carbocycles. The first-order valence-corrected chi connectivity index (χ1v) is 9.82. The second-order valence-corrected chi connectivity index (χ2v) is 6.84. The molecule has 0 unspecified atom stereocenters. The smallest absolute Gasteiger partial charge is 0.338 e. The van der Waals surface area contributed by atoms with Crippen LogP contribution in [0.25, 0.3) is 0 Å². The Kier molecular flexibility index (Phi) is 7.91. The summed E-state index contributed by atoms with van der Waals surface area (Å²) in [6.45, 7) is 5.18. The average molecular weight is 413 g/mol. The number of carbonyl (C=O) groups is 3. The second kappa shape index (κ2) is 10.4. The van der Waals surface area contributed by atoms with Crippen molar-refractivity contribution in [1.29, 1.82) is 0 Å². The van der Waals surface area contributed by atoms with Crippen molar-refractivity contribution in [2.75, 3.05) is 25.5 Å². The van der Waals surface area contributed by atoms with Crippen LogP contribution in [-0.2, 0) is 11.8 Å². The van der Waals surface area contributed by atoms with Gasteiger partial charge in [0.1, 0.15) is 5.69 Å². The molecule has 2 rings (SSSR count). The van der Waals surface area contributed by atoms with Gasteiger partial charge in [0.05, 0.1) is 23.8 Å². The van der Waals surface area contributed by atoms with E-state index in [-0.39, 0.29) is 22.7 Å². The SMILES string of the molecule is CCCN(CCC)C(=O)c1cc(NC(=O)c2ccccc2C(=O)OC)c(=O)n(C)c1. The van der Waals surface area contributed by atoms with Gasteiger partial charge in [-0.1, -0.05) is 26.0 Å². The lowest BCUT2D eigenvalue weighted by molar-refractivity contribution is 0.0597. The number of hydrogen-bond donors (Lipinski definition) is 1. The number of nitrogens with zero attached hydrogens (tertiary/aromatic N) is 2. The van der Waals surface area contributed by atoms with Crippen LogP contribution in [0.3, 0.4) is 0 Å². The molecule has 30 heavy (non-hydrogen) atoms. The summed E-state index contributed by atoms with van der Waals surface area (Å²) in [6, 6.07) is 7.52. The molecular weight excluding hydrogens is 386 g/mol. The molecule has 2 aromatic rings. The van der Waals surface area contributed by atoms with Gasteiger partial charge in [-0.3, -0.25) is 14.4 Å². The summed E-state index contributed by atoms with van der Waals surface area (Å²) in [5.41, 5.74) is -0.0511. The molecule has 0 aliphatic carbocycles. The highest BCUT2D eigenvalue weighted by atomic mass is 16.5. The summed E-state index contributed by atoms with van der Waals surface area (Å²) in [6.07, 6.45) is 3.08. The molecule has 0 saturated heterocycles. The van der Waals surface area contributed by atoms with Crippen LogP contribution in [-0.4, -0.2) is 47.4 Å². The van der Waals surface area contributed by atoms with E-state index in [0.29, 0.717) is 18.7 Å². The summed E-state index contributed by atoms with van der Waals surface area (Å²) < 4.78 is 5.96. The van der Waals surface area contributed by atoms with Gasteiger partial charge in [0.25, 0.3) is 17.4 Å². The van der Waals surface area contributed by atoms with Gasteiger partial charge in [-0.05, 0) is 31.0 Å². The van der Waals surface area contributed by atoms with Gasteiger partial charge in [0.15, 0.2) is 0 Å². The molecule has 0 aliphatic rings. The standard InChI is InChI=1S/C22H27N3O5/c1-5-11-25(12-6-2)20(27)15-13-18(21(28)24(3)14-15)23-19(26)16-9-7-8-10-17(16)22(29)30-4/h7-10,13-14H,5-6,11-12H2,1-4H3,(H,23,26). The third-order valence-electron chi connectivity index (χ3n) is 4.53. The summed E-state index contributed by atoms with van der Waals surface area (Å²) >= 11 is 0. The minimum atomic E-state index is -0.660. The summed E-state index contributed by atoms with van der Waals surface area (Å²) in [4.78, 5) is 51.9. The zero-order valence-electron chi connectivity index (χ0n) is 17.7. The largest absolute Gasteiger partial charge is 0.465 e. The number of pyridine rings is 1. The zero-order chi connectivity index (χ0) is 22.3. The number of amides is 2. The average Bonchev–Trinajstić information content (AvgIpc) is 2.75. The molecule has 160 valence electrons. The van der Waals surface area contributed by atoms with Crippen molar-refractivity contribution in [2.45, 2.75) is 26.7 Å². The first kappa shape index (κ1) is 22.9. The minimum Gasteiger partial charge on any atom is -0.465 e. The quantitative estimate of drug-likeness (QED) is 0.671. The van der Waals surface area contributed by atoms with Gasteiger partial charge in [-0.15, -0.1) is 0 Å². The lowest BCUT2D eigenvalue weighted by Gasteiger charge is -2.22. The highest BCUT2D eigenvalue weighted by molar-refractivity contribution is 6.11. The maximum Gasteiger partial charge on any atom is 0.338 e. The van der Waals surface area contributed by atoms with E-state index in [9.17, 15) is 19.2 Å². The molecule has 8 nitrogen and oxygen atoms in total. The molecule has 0 spiro atoms. The fourth-order valence-electron chi connectivity index (χ4n) is 3.11. The third-order valence-corrected chi connectivity index (χ3v) is 4.53. The van der Waals surface area contributed by atoms with E-state index in [1.807, 2.05) is 13.8 Å². The number of nitrogens with one attached hydrogen (secondary N) is 1. The topological polar surface area (TPSA) is 97.7 Å². The lowest BCUT2D eigenvalue weighted by Crippen LogP contribution is -2.34. The van der Waals surface area contributed by atoms with E-state index < -0.39 is 17.4 Å². The zero-order valence-corrected chi connectivity index (χ0v) is 17.7. The Labute approximate surface area is 175 Å². The molecule has 0 fully saturated rings. The molecule has 1 N–H and O–H groups in total. The summed E-state index contributed by atoms with van der Waals surface area (Å²) in [7, 11) is 2.74. The molecule has 1 aromatic heterocycles. The number of methoxy groups -OCH3 is 1. The first-order valence-electron chi connectivity index (χ1n) is 9.82. The normalized spacial score (nSPS) is 10.4. The molecule has 1 aromatic carbocycles. The maximum absolute atomic E-state index is 12.9. The molecule has 1 heterocycles. The maximum atomic E-state index is 12.9. The Morgan fingerprint density at radius 1 is 1.07 bits per heavy atom. The predicted molar refractivity (Wildman–Crippen MR) is 114 cm³/mol. The van der Waals surface area contributed by atoms with Crippen LogP contribution in [0.5, 0.6) is 0 Å². The van der Waals surface area contributed by atoms with E-state index in [1.165, 1.54) is 43.1 Å². The lowest BCUT2D eigenvalue weighted by atomic mass is 10.1. The summed E-state index contributed by atoms with van der Waals surface area (Å²) in [5.74, 6) is -1.51. The number of aromatic nitrogens is 1. The van der Waals surface area contributed by atoms with Crippen molar-refractivity contribution in [3.63, 3.8) is 0 Å². The number of hydrogen-bond acceptors (Lipinski definition) is 5. The van der Waals surface area contributed by atoms with Gasteiger partial charge >= 0.3 is 5.97 Å². The minimum absolute atomic E-state index is 0.0408. The Bertz CT molecular complexity index is 991. The van der Waals surface area contributed by atoms with E-state index in [4.69, 9.17) is 4.74 Å². The number of esters is 1. The molecule has 0 aliphatic heterocycles. The molecule has 0 atom stereocenters. The van der Waals surface area contributed by atoms with Crippen LogP contribution in [0.1, 0.15) is 57.8 Å². The van der Waals surface area contributed by atoms with Crippen molar-refractivity contribution in [3.8, 4) is 0 Å².